The molecular weight excluding hydrogens is 414 g/mol. The zero-order valence-electron chi connectivity index (χ0n) is 18.9. The number of thioether (sulfide) groups is 1. The van der Waals surface area contributed by atoms with E-state index in [0.29, 0.717) is 13.1 Å². The lowest BCUT2D eigenvalue weighted by Gasteiger charge is -2.24. The average Bonchev–Trinajstić information content (AvgIpc) is 3.39. The third kappa shape index (κ3) is 4.26. The van der Waals surface area contributed by atoms with Gasteiger partial charge in [0, 0.05) is 37.6 Å². The molecule has 1 amide bonds. The summed E-state index contributed by atoms with van der Waals surface area (Å²) in [6, 6.07) is 0. The quantitative estimate of drug-likeness (QED) is 0.568. The summed E-state index contributed by atoms with van der Waals surface area (Å²) >= 11 is 1.65. The van der Waals surface area contributed by atoms with E-state index in [9.17, 15) is 4.79 Å². The largest absolute Gasteiger partial charge is 0.444 e. The number of nitrogens with zero attached hydrogens (tertiary/aromatic N) is 7. The molecule has 10 heteroatoms. The summed E-state index contributed by atoms with van der Waals surface area (Å²) in [6.45, 7) is 11.9. The van der Waals surface area contributed by atoms with Crippen molar-refractivity contribution in [3.8, 4) is 11.4 Å². The van der Waals surface area contributed by atoms with Crippen molar-refractivity contribution < 1.29 is 9.53 Å². The van der Waals surface area contributed by atoms with Gasteiger partial charge in [0.05, 0.1) is 11.8 Å². The SMILES string of the molecule is CCn1ncc(-c2nc3c(SC4CCN(C(=O)OC(C)(C)C)C4)ncnc3n2C)c1C. The number of likely N-dealkylation sites (tertiary alicyclic amines) is 1. The molecule has 0 aliphatic carbocycles. The fourth-order valence-electron chi connectivity index (χ4n) is 3.76. The monoisotopic (exact) mass is 443 g/mol. The van der Waals surface area contributed by atoms with Crippen molar-refractivity contribution in [3.63, 3.8) is 0 Å². The van der Waals surface area contributed by atoms with E-state index in [4.69, 9.17) is 9.72 Å². The van der Waals surface area contributed by atoms with Crippen molar-refractivity contribution in [1.29, 1.82) is 0 Å². The van der Waals surface area contributed by atoms with Gasteiger partial charge in [0.2, 0.25) is 0 Å². The molecule has 1 aliphatic rings. The lowest BCUT2D eigenvalue weighted by atomic mass is 10.2. The molecule has 1 saturated heterocycles. The molecule has 3 aromatic heterocycles. The topological polar surface area (TPSA) is 91.0 Å². The number of carbonyl (C=O) groups is 1. The van der Waals surface area contributed by atoms with Crippen LogP contribution in [-0.4, -0.2) is 64.2 Å². The molecule has 0 aromatic carbocycles. The molecule has 1 unspecified atom stereocenters. The Hall–Kier alpha value is -2.62. The highest BCUT2D eigenvalue weighted by Gasteiger charge is 2.31. The van der Waals surface area contributed by atoms with E-state index in [0.717, 1.165) is 46.2 Å². The van der Waals surface area contributed by atoms with Crippen LogP contribution in [-0.2, 0) is 18.3 Å². The van der Waals surface area contributed by atoms with Crippen LogP contribution in [0.3, 0.4) is 0 Å². The van der Waals surface area contributed by atoms with Crippen molar-refractivity contribution in [3.05, 3.63) is 18.2 Å². The zero-order valence-corrected chi connectivity index (χ0v) is 19.7. The maximum absolute atomic E-state index is 12.4. The number of ether oxygens (including phenoxy) is 1. The van der Waals surface area contributed by atoms with Crippen LogP contribution in [0.25, 0.3) is 22.6 Å². The molecule has 4 rings (SSSR count). The van der Waals surface area contributed by atoms with Crippen molar-refractivity contribution in [2.45, 2.75) is 63.5 Å². The first-order valence-corrected chi connectivity index (χ1v) is 11.4. The highest BCUT2D eigenvalue weighted by atomic mass is 32.2. The number of hydrogen-bond donors (Lipinski definition) is 0. The van der Waals surface area contributed by atoms with Crippen LogP contribution in [0.2, 0.25) is 0 Å². The second kappa shape index (κ2) is 8.14. The van der Waals surface area contributed by atoms with Crippen molar-refractivity contribution in [2.24, 2.45) is 7.05 Å². The summed E-state index contributed by atoms with van der Waals surface area (Å²) in [6.07, 6.45) is 4.07. The van der Waals surface area contributed by atoms with E-state index in [-0.39, 0.29) is 11.3 Å². The standard InChI is InChI=1S/C21H29N7O2S/c1-7-28-13(2)15(10-24-28)17-25-16-18(26(17)6)22-12-23-19(16)31-14-8-9-27(11-14)20(29)30-21(3,4)5/h10,12,14H,7-9,11H2,1-6H3. The molecule has 0 N–H and O–H groups in total. The minimum absolute atomic E-state index is 0.237. The predicted octanol–water partition coefficient (Wildman–Crippen LogP) is 3.66. The Labute approximate surface area is 186 Å². The maximum Gasteiger partial charge on any atom is 0.410 e. The van der Waals surface area contributed by atoms with Gasteiger partial charge in [-0.05, 0) is 41.0 Å². The van der Waals surface area contributed by atoms with Gasteiger partial charge in [-0.3, -0.25) is 4.68 Å². The third-order valence-corrected chi connectivity index (χ3v) is 6.58. The van der Waals surface area contributed by atoms with Gasteiger partial charge >= 0.3 is 6.09 Å². The number of aryl methyl sites for hydroxylation is 2. The van der Waals surface area contributed by atoms with E-state index in [1.54, 1.807) is 23.0 Å². The van der Waals surface area contributed by atoms with Crippen LogP contribution < -0.4 is 0 Å². The summed E-state index contributed by atoms with van der Waals surface area (Å²) in [7, 11) is 1.97. The Morgan fingerprint density at radius 3 is 2.77 bits per heavy atom. The normalized spacial score (nSPS) is 17.0. The smallest absolute Gasteiger partial charge is 0.410 e. The van der Waals surface area contributed by atoms with Crippen LogP contribution in [0.1, 0.15) is 39.8 Å². The summed E-state index contributed by atoms with van der Waals surface area (Å²) in [5.74, 6) is 0.830. The molecule has 0 saturated carbocycles. The number of hydrogen-bond acceptors (Lipinski definition) is 7. The van der Waals surface area contributed by atoms with Gasteiger partial charge in [0.25, 0.3) is 0 Å². The lowest BCUT2D eigenvalue weighted by molar-refractivity contribution is 0.0295. The van der Waals surface area contributed by atoms with Gasteiger partial charge in [-0.2, -0.15) is 5.10 Å². The third-order valence-electron chi connectivity index (χ3n) is 5.34. The average molecular weight is 444 g/mol. The Morgan fingerprint density at radius 1 is 1.32 bits per heavy atom. The van der Waals surface area contributed by atoms with E-state index < -0.39 is 5.60 Å². The lowest BCUT2D eigenvalue weighted by Crippen LogP contribution is -2.35. The Balaban J connectivity index is 1.57. The second-order valence-electron chi connectivity index (χ2n) is 8.76. The van der Waals surface area contributed by atoms with E-state index >= 15 is 0 Å². The second-order valence-corrected chi connectivity index (χ2v) is 10.0. The molecule has 3 aromatic rings. The molecule has 0 radical (unpaired) electrons. The molecular formula is C21H29N7O2S. The van der Waals surface area contributed by atoms with E-state index in [1.165, 1.54) is 0 Å². The summed E-state index contributed by atoms with van der Waals surface area (Å²) < 4.78 is 9.46. The molecule has 1 atom stereocenters. The molecule has 0 spiro atoms. The van der Waals surface area contributed by atoms with Crippen molar-refractivity contribution in [1.82, 2.24) is 34.2 Å². The molecule has 166 valence electrons. The number of amides is 1. The fourth-order valence-corrected chi connectivity index (χ4v) is 4.92. The van der Waals surface area contributed by atoms with Crippen LogP contribution in [0.5, 0.6) is 0 Å². The minimum atomic E-state index is -0.491. The molecule has 1 fully saturated rings. The van der Waals surface area contributed by atoms with Crippen LogP contribution >= 0.6 is 11.8 Å². The first-order chi connectivity index (χ1) is 14.7. The fraction of sp³-hybridized carbons (Fsp3) is 0.571. The summed E-state index contributed by atoms with van der Waals surface area (Å²) in [5.41, 5.74) is 3.15. The highest BCUT2D eigenvalue weighted by Crippen LogP contribution is 2.34. The number of aromatic nitrogens is 6. The zero-order chi connectivity index (χ0) is 22.3. The molecule has 1 aliphatic heterocycles. The van der Waals surface area contributed by atoms with Crippen LogP contribution in [0.4, 0.5) is 4.79 Å². The summed E-state index contributed by atoms with van der Waals surface area (Å²) in [5, 5.41) is 5.52. The molecule has 31 heavy (non-hydrogen) atoms. The molecule has 9 nitrogen and oxygen atoms in total. The molecule has 4 heterocycles. The number of carbonyl (C=O) groups excluding carboxylic acids is 1. The number of rotatable bonds is 4. The first kappa shape index (κ1) is 21.6. The van der Waals surface area contributed by atoms with Crippen LogP contribution in [0.15, 0.2) is 17.6 Å². The van der Waals surface area contributed by atoms with E-state index in [2.05, 4.69) is 28.9 Å². The number of fused-ring (bicyclic) bond motifs is 1. The van der Waals surface area contributed by atoms with Gasteiger partial charge < -0.3 is 14.2 Å². The Morgan fingerprint density at radius 2 is 2.10 bits per heavy atom. The highest BCUT2D eigenvalue weighted by molar-refractivity contribution is 8.00. The molecule has 0 bridgehead atoms. The maximum atomic E-state index is 12.4. The first-order valence-electron chi connectivity index (χ1n) is 10.5. The van der Waals surface area contributed by atoms with Crippen LogP contribution in [0, 0.1) is 6.92 Å². The van der Waals surface area contributed by atoms with Gasteiger partial charge in [-0.1, -0.05) is 11.8 Å². The van der Waals surface area contributed by atoms with Gasteiger partial charge in [-0.15, -0.1) is 0 Å². The van der Waals surface area contributed by atoms with Gasteiger partial charge in [-0.25, -0.2) is 19.7 Å². The van der Waals surface area contributed by atoms with Gasteiger partial charge in [0.15, 0.2) is 5.65 Å². The Bertz CT molecular complexity index is 1120. The Kier molecular flexibility index (Phi) is 5.67. The van der Waals surface area contributed by atoms with Gasteiger partial charge in [0.1, 0.15) is 28.3 Å². The summed E-state index contributed by atoms with van der Waals surface area (Å²) in [4.78, 5) is 28.0. The predicted molar refractivity (Wildman–Crippen MR) is 120 cm³/mol. The van der Waals surface area contributed by atoms with Crippen molar-refractivity contribution in [2.75, 3.05) is 13.1 Å². The number of imidazole rings is 1. The van der Waals surface area contributed by atoms with Crippen molar-refractivity contribution >= 4 is 29.0 Å². The minimum Gasteiger partial charge on any atom is -0.444 e. The van der Waals surface area contributed by atoms with E-state index in [1.807, 2.05) is 43.3 Å².